The molecule has 1 fully saturated rings. The third-order valence-electron chi connectivity index (χ3n) is 6.35. The fourth-order valence-corrected chi connectivity index (χ4v) is 4.52. The zero-order chi connectivity index (χ0) is 21.5. The number of aliphatic carboxylic acids is 1. The van der Waals surface area contributed by atoms with Gasteiger partial charge < -0.3 is 9.84 Å². The van der Waals surface area contributed by atoms with Gasteiger partial charge in [0.25, 0.3) is 0 Å². The maximum Gasteiger partial charge on any atom is 0.309 e. The van der Waals surface area contributed by atoms with Gasteiger partial charge in [-0.2, -0.15) is 0 Å². The van der Waals surface area contributed by atoms with E-state index in [2.05, 4.69) is 59.5 Å². The summed E-state index contributed by atoms with van der Waals surface area (Å²) in [4.78, 5) is 13.2. The molecule has 0 bridgehead atoms. The van der Waals surface area contributed by atoms with Gasteiger partial charge in [0.2, 0.25) is 0 Å². The minimum absolute atomic E-state index is 0.207. The molecule has 2 aromatic rings. The van der Waals surface area contributed by atoms with E-state index in [9.17, 15) is 4.79 Å². The van der Waals surface area contributed by atoms with E-state index in [1.54, 1.807) is 0 Å². The number of allylic oxidation sites excluding steroid dienone is 2. The van der Waals surface area contributed by atoms with Crippen molar-refractivity contribution in [2.75, 3.05) is 19.7 Å². The second-order valence-electron chi connectivity index (χ2n) is 8.83. The molecule has 1 saturated heterocycles. The summed E-state index contributed by atoms with van der Waals surface area (Å²) in [6.07, 6.45) is 10.4. The van der Waals surface area contributed by atoms with Crippen LogP contribution < -0.4 is 4.74 Å². The summed E-state index contributed by atoms with van der Waals surface area (Å²) in [5.74, 6) is 0.106. The predicted octanol–water partition coefficient (Wildman–Crippen LogP) is 5.56. The van der Waals surface area contributed by atoms with Gasteiger partial charge in [0, 0.05) is 25.2 Å². The number of aryl methyl sites for hydroxylation is 1. The van der Waals surface area contributed by atoms with Crippen molar-refractivity contribution < 1.29 is 14.6 Å². The molecule has 4 nitrogen and oxygen atoms in total. The van der Waals surface area contributed by atoms with Crippen molar-refractivity contribution in [2.24, 2.45) is 5.92 Å². The first kappa shape index (κ1) is 21.6. The van der Waals surface area contributed by atoms with Crippen LogP contribution in [0, 0.1) is 5.92 Å². The highest BCUT2D eigenvalue weighted by atomic mass is 16.5. The number of hydrogen-bond donors (Lipinski definition) is 1. The third-order valence-corrected chi connectivity index (χ3v) is 6.35. The molecule has 4 rings (SSSR count). The number of likely N-dealkylation sites (tertiary alicyclic amines) is 1. The molecule has 0 unspecified atom stereocenters. The van der Waals surface area contributed by atoms with Crippen molar-refractivity contribution in [1.82, 2.24) is 4.90 Å². The smallest absolute Gasteiger partial charge is 0.309 e. The highest BCUT2D eigenvalue weighted by Crippen LogP contribution is 2.35. The zero-order valence-corrected chi connectivity index (χ0v) is 18.3. The average Bonchev–Trinajstić information content (AvgIpc) is 3.28. The fraction of sp³-hybridized carbons (Fsp3) is 0.444. The largest absolute Gasteiger partial charge is 0.493 e. The molecule has 31 heavy (non-hydrogen) atoms. The van der Waals surface area contributed by atoms with Crippen LogP contribution in [0.1, 0.15) is 55.2 Å². The molecule has 0 amide bonds. The number of unbranched alkanes of at least 4 members (excludes halogenated alkanes) is 2. The Morgan fingerprint density at radius 2 is 1.87 bits per heavy atom. The van der Waals surface area contributed by atoms with Gasteiger partial charge in [-0.25, -0.2) is 0 Å². The summed E-state index contributed by atoms with van der Waals surface area (Å²) >= 11 is 0. The van der Waals surface area contributed by atoms with Gasteiger partial charge in [-0.05, 0) is 73.8 Å². The molecule has 2 aromatic carbocycles. The number of ether oxygens (including phenoxy) is 1. The SMILES string of the molecule is O=C(O)C1CN(Cc2ccc(OCCCCCc3ccccc3)c(C3=CCCC3)c2)C1. The summed E-state index contributed by atoms with van der Waals surface area (Å²) in [6.45, 7) is 2.86. The van der Waals surface area contributed by atoms with Gasteiger partial charge in [0.05, 0.1) is 12.5 Å². The van der Waals surface area contributed by atoms with Crippen LogP contribution in [0.5, 0.6) is 5.75 Å². The van der Waals surface area contributed by atoms with E-state index < -0.39 is 5.97 Å². The highest BCUT2D eigenvalue weighted by molar-refractivity contribution is 5.73. The normalized spacial score (nSPS) is 16.7. The Morgan fingerprint density at radius 1 is 1.03 bits per heavy atom. The Morgan fingerprint density at radius 3 is 2.61 bits per heavy atom. The lowest BCUT2D eigenvalue weighted by molar-refractivity contribution is -0.147. The quantitative estimate of drug-likeness (QED) is 0.484. The maximum absolute atomic E-state index is 11.0. The van der Waals surface area contributed by atoms with E-state index in [4.69, 9.17) is 9.84 Å². The number of hydrogen-bond acceptors (Lipinski definition) is 3. The second-order valence-corrected chi connectivity index (χ2v) is 8.83. The van der Waals surface area contributed by atoms with Crippen LogP contribution in [-0.2, 0) is 17.8 Å². The van der Waals surface area contributed by atoms with E-state index in [-0.39, 0.29) is 5.92 Å². The molecule has 0 saturated carbocycles. The van der Waals surface area contributed by atoms with Crippen molar-refractivity contribution >= 4 is 11.5 Å². The third kappa shape index (κ3) is 5.98. The Labute approximate surface area is 185 Å². The molecule has 1 aliphatic carbocycles. The molecule has 1 heterocycles. The van der Waals surface area contributed by atoms with E-state index >= 15 is 0 Å². The first-order chi connectivity index (χ1) is 15.2. The van der Waals surface area contributed by atoms with Crippen LogP contribution in [-0.4, -0.2) is 35.7 Å². The Balaban J connectivity index is 1.28. The zero-order valence-electron chi connectivity index (χ0n) is 18.3. The van der Waals surface area contributed by atoms with Crippen LogP contribution in [0.2, 0.25) is 0 Å². The van der Waals surface area contributed by atoms with E-state index in [1.807, 2.05) is 0 Å². The van der Waals surface area contributed by atoms with Crippen molar-refractivity contribution in [1.29, 1.82) is 0 Å². The maximum atomic E-state index is 11.0. The number of carbonyl (C=O) groups is 1. The van der Waals surface area contributed by atoms with Crippen molar-refractivity contribution in [3.05, 3.63) is 71.3 Å². The molecule has 164 valence electrons. The van der Waals surface area contributed by atoms with E-state index in [1.165, 1.54) is 41.5 Å². The van der Waals surface area contributed by atoms with Gasteiger partial charge in [-0.1, -0.05) is 42.5 Å². The van der Waals surface area contributed by atoms with Crippen molar-refractivity contribution in [3.8, 4) is 5.75 Å². The number of benzene rings is 2. The topological polar surface area (TPSA) is 49.8 Å². The lowest BCUT2D eigenvalue weighted by Gasteiger charge is -2.36. The molecule has 2 aliphatic rings. The van der Waals surface area contributed by atoms with Crippen molar-refractivity contribution in [3.63, 3.8) is 0 Å². The molecule has 0 spiro atoms. The summed E-state index contributed by atoms with van der Waals surface area (Å²) in [7, 11) is 0. The van der Waals surface area contributed by atoms with Gasteiger partial charge in [-0.3, -0.25) is 9.69 Å². The van der Waals surface area contributed by atoms with E-state index in [0.29, 0.717) is 13.1 Å². The molecule has 1 N–H and O–H groups in total. The molecular formula is C27H33NO3. The summed E-state index contributed by atoms with van der Waals surface area (Å²) in [6, 6.07) is 17.2. The molecule has 4 heteroatoms. The number of carboxylic acids is 1. The first-order valence-electron chi connectivity index (χ1n) is 11.6. The van der Waals surface area contributed by atoms with Gasteiger partial charge in [-0.15, -0.1) is 0 Å². The molecule has 0 atom stereocenters. The average molecular weight is 420 g/mol. The standard InChI is InChI=1S/C27H33NO3/c29-27(30)24-19-28(20-24)18-22-14-15-26(25(17-22)23-12-6-7-13-23)31-16-8-2-5-11-21-9-3-1-4-10-21/h1,3-4,9-10,12,14-15,17,24H,2,5-8,11,13,16,18-20H2,(H,29,30). The Hall–Kier alpha value is -2.59. The molecule has 0 radical (unpaired) electrons. The van der Waals surface area contributed by atoms with Crippen LogP contribution in [0.25, 0.3) is 5.57 Å². The van der Waals surface area contributed by atoms with Crippen LogP contribution in [0.3, 0.4) is 0 Å². The van der Waals surface area contributed by atoms with E-state index in [0.717, 1.165) is 44.6 Å². The first-order valence-corrected chi connectivity index (χ1v) is 11.6. The minimum Gasteiger partial charge on any atom is -0.493 e. The van der Waals surface area contributed by atoms with Gasteiger partial charge in [0.1, 0.15) is 5.75 Å². The van der Waals surface area contributed by atoms with Crippen LogP contribution >= 0.6 is 0 Å². The lowest BCUT2D eigenvalue weighted by atomic mass is 9.97. The minimum atomic E-state index is -0.680. The summed E-state index contributed by atoms with van der Waals surface area (Å²) < 4.78 is 6.22. The Bertz CT molecular complexity index is 900. The lowest BCUT2D eigenvalue weighted by Crippen LogP contribution is -2.49. The number of rotatable bonds is 11. The summed E-state index contributed by atoms with van der Waals surface area (Å²) in [5, 5.41) is 9.08. The van der Waals surface area contributed by atoms with Crippen molar-refractivity contribution in [2.45, 2.75) is 51.5 Å². The highest BCUT2D eigenvalue weighted by Gasteiger charge is 2.32. The van der Waals surface area contributed by atoms with Crippen LogP contribution in [0.4, 0.5) is 0 Å². The molecule has 0 aromatic heterocycles. The number of carboxylic acid groups (broad SMARTS) is 1. The summed E-state index contributed by atoms with van der Waals surface area (Å²) in [5.41, 5.74) is 5.27. The fourth-order valence-electron chi connectivity index (χ4n) is 4.52. The van der Waals surface area contributed by atoms with Gasteiger partial charge >= 0.3 is 5.97 Å². The second kappa shape index (κ2) is 10.6. The van der Waals surface area contributed by atoms with Crippen LogP contribution in [0.15, 0.2) is 54.6 Å². The molecule has 1 aliphatic heterocycles. The molecular weight excluding hydrogens is 386 g/mol. The Kier molecular flexibility index (Phi) is 7.42. The monoisotopic (exact) mass is 419 g/mol. The predicted molar refractivity (Wildman–Crippen MR) is 124 cm³/mol. The van der Waals surface area contributed by atoms with Gasteiger partial charge in [0.15, 0.2) is 0 Å². The number of nitrogens with zero attached hydrogens (tertiary/aromatic N) is 1.